The maximum atomic E-state index is 12.0. The van der Waals surface area contributed by atoms with Crippen LogP contribution in [0.1, 0.15) is 10.6 Å². The smallest absolute Gasteiger partial charge is 0.287 e. The Morgan fingerprint density at radius 3 is 2.39 bits per heavy atom. The van der Waals surface area contributed by atoms with Crippen molar-refractivity contribution >= 4 is 44.8 Å². The Morgan fingerprint density at radius 1 is 1.22 bits per heavy atom. The summed E-state index contributed by atoms with van der Waals surface area (Å²) in [6, 6.07) is 7.80. The molecule has 0 fully saturated rings. The van der Waals surface area contributed by atoms with Crippen LogP contribution in [-0.4, -0.2) is 33.7 Å². The van der Waals surface area contributed by atoms with E-state index in [-0.39, 0.29) is 34.6 Å². The molecule has 1 heterocycles. The summed E-state index contributed by atoms with van der Waals surface area (Å²) < 4.78 is 30.0. The number of para-hydroxylation sites is 1. The molecular formula is C14H14Cl2N2O4S. The zero-order valence-corrected chi connectivity index (χ0v) is 14.5. The Morgan fingerprint density at radius 2 is 1.87 bits per heavy atom. The number of benzene rings is 1. The second-order valence-electron chi connectivity index (χ2n) is 4.64. The Labute approximate surface area is 144 Å². The number of sulfonamides is 1. The third kappa shape index (κ3) is 4.40. The van der Waals surface area contributed by atoms with Gasteiger partial charge in [0, 0.05) is 6.54 Å². The summed E-state index contributed by atoms with van der Waals surface area (Å²) in [6.07, 6.45) is 2.42. The lowest BCUT2D eigenvalue weighted by molar-refractivity contribution is 0.0927. The van der Waals surface area contributed by atoms with Gasteiger partial charge in [0.15, 0.2) is 5.76 Å². The SMILES string of the molecule is CS(=O)(=O)N(CCNC(=O)c1ccco1)c1c(Cl)cccc1Cl. The fourth-order valence-corrected chi connectivity index (χ4v) is 3.59. The molecule has 1 N–H and O–H groups in total. The van der Waals surface area contributed by atoms with Crippen LogP contribution in [0.4, 0.5) is 5.69 Å². The molecule has 0 aliphatic carbocycles. The molecule has 0 radical (unpaired) electrons. The van der Waals surface area contributed by atoms with E-state index in [1.807, 2.05) is 0 Å². The van der Waals surface area contributed by atoms with Crippen molar-refractivity contribution in [2.45, 2.75) is 0 Å². The maximum absolute atomic E-state index is 12.0. The van der Waals surface area contributed by atoms with Gasteiger partial charge in [0.05, 0.1) is 34.8 Å². The van der Waals surface area contributed by atoms with Gasteiger partial charge < -0.3 is 9.73 Å². The van der Waals surface area contributed by atoms with Gasteiger partial charge in [-0.05, 0) is 24.3 Å². The molecule has 0 bridgehead atoms. The maximum Gasteiger partial charge on any atom is 0.287 e. The normalized spacial score (nSPS) is 11.3. The largest absolute Gasteiger partial charge is 0.459 e. The number of nitrogens with zero attached hydrogens (tertiary/aromatic N) is 1. The molecule has 0 aliphatic rings. The minimum Gasteiger partial charge on any atom is -0.459 e. The van der Waals surface area contributed by atoms with E-state index < -0.39 is 15.9 Å². The zero-order valence-electron chi connectivity index (χ0n) is 12.1. The number of furan rings is 1. The highest BCUT2D eigenvalue weighted by Gasteiger charge is 2.22. The van der Waals surface area contributed by atoms with E-state index in [0.29, 0.717) is 0 Å². The Bertz CT molecular complexity index is 771. The van der Waals surface area contributed by atoms with Crippen molar-refractivity contribution in [3.05, 3.63) is 52.4 Å². The van der Waals surface area contributed by atoms with Gasteiger partial charge in [-0.15, -0.1) is 0 Å². The fourth-order valence-electron chi connectivity index (χ4n) is 1.94. The molecule has 0 atom stereocenters. The first kappa shape index (κ1) is 17.7. The van der Waals surface area contributed by atoms with Crippen LogP contribution in [0.25, 0.3) is 0 Å². The van der Waals surface area contributed by atoms with E-state index in [4.69, 9.17) is 27.6 Å². The summed E-state index contributed by atoms with van der Waals surface area (Å²) in [4.78, 5) is 11.8. The molecule has 2 aromatic rings. The lowest BCUT2D eigenvalue weighted by Crippen LogP contribution is -2.38. The van der Waals surface area contributed by atoms with Gasteiger partial charge >= 0.3 is 0 Å². The van der Waals surface area contributed by atoms with Gasteiger partial charge in [0.1, 0.15) is 0 Å². The molecule has 0 spiro atoms. The van der Waals surface area contributed by atoms with Crippen LogP contribution in [0.3, 0.4) is 0 Å². The third-order valence-electron chi connectivity index (χ3n) is 2.93. The number of halogens is 2. The van der Waals surface area contributed by atoms with Gasteiger partial charge in [-0.2, -0.15) is 0 Å². The average Bonchev–Trinajstić information content (AvgIpc) is 2.98. The topological polar surface area (TPSA) is 79.6 Å². The summed E-state index contributed by atoms with van der Waals surface area (Å²) in [7, 11) is -3.63. The number of carbonyl (C=O) groups excluding carboxylic acids is 1. The van der Waals surface area contributed by atoms with E-state index in [1.165, 1.54) is 12.3 Å². The molecule has 23 heavy (non-hydrogen) atoms. The highest BCUT2D eigenvalue weighted by atomic mass is 35.5. The quantitative estimate of drug-likeness (QED) is 0.840. The number of hydrogen-bond acceptors (Lipinski definition) is 4. The molecule has 1 aromatic carbocycles. The first-order valence-corrected chi connectivity index (χ1v) is 9.14. The number of amides is 1. The van der Waals surface area contributed by atoms with E-state index in [1.54, 1.807) is 24.3 Å². The molecule has 9 heteroatoms. The second kappa shape index (κ2) is 7.25. The van der Waals surface area contributed by atoms with Crippen LogP contribution in [0.5, 0.6) is 0 Å². The minimum absolute atomic E-state index is 0.0191. The lowest BCUT2D eigenvalue weighted by Gasteiger charge is -2.24. The summed E-state index contributed by atoms with van der Waals surface area (Å²) in [6.45, 7) is 0.0445. The number of anilines is 1. The molecule has 6 nitrogen and oxygen atoms in total. The summed E-state index contributed by atoms with van der Waals surface area (Å²) >= 11 is 12.1. The lowest BCUT2D eigenvalue weighted by atomic mass is 10.3. The Balaban J connectivity index is 2.13. The summed E-state index contributed by atoms with van der Waals surface area (Å²) in [5.74, 6) is -0.291. The first-order valence-electron chi connectivity index (χ1n) is 6.54. The molecule has 0 saturated carbocycles. The van der Waals surface area contributed by atoms with Crippen LogP contribution < -0.4 is 9.62 Å². The molecule has 0 aliphatic heterocycles. The van der Waals surface area contributed by atoms with Crippen molar-refractivity contribution in [3.8, 4) is 0 Å². The number of hydrogen-bond donors (Lipinski definition) is 1. The third-order valence-corrected chi connectivity index (χ3v) is 4.71. The number of carbonyl (C=O) groups is 1. The Hall–Kier alpha value is -1.70. The van der Waals surface area contributed by atoms with Gasteiger partial charge in [-0.3, -0.25) is 9.10 Å². The van der Waals surface area contributed by atoms with Crippen LogP contribution in [0.2, 0.25) is 10.0 Å². The van der Waals surface area contributed by atoms with Crippen molar-refractivity contribution in [3.63, 3.8) is 0 Å². The van der Waals surface area contributed by atoms with Gasteiger partial charge in [0.25, 0.3) is 5.91 Å². The predicted octanol–water partition coefficient (Wildman–Crippen LogP) is 2.78. The van der Waals surface area contributed by atoms with Crippen LogP contribution in [0, 0.1) is 0 Å². The van der Waals surface area contributed by atoms with E-state index in [9.17, 15) is 13.2 Å². The molecule has 1 amide bonds. The number of nitrogens with one attached hydrogen (secondary N) is 1. The molecule has 124 valence electrons. The molecule has 0 saturated heterocycles. The molecular weight excluding hydrogens is 363 g/mol. The number of rotatable bonds is 6. The predicted molar refractivity (Wildman–Crippen MR) is 89.7 cm³/mol. The van der Waals surface area contributed by atoms with Gasteiger partial charge in [-0.25, -0.2) is 8.42 Å². The first-order chi connectivity index (χ1) is 10.8. The summed E-state index contributed by atoms with van der Waals surface area (Å²) in [5, 5.41) is 2.99. The average molecular weight is 377 g/mol. The van der Waals surface area contributed by atoms with Crippen molar-refractivity contribution in [2.24, 2.45) is 0 Å². The van der Waals surface area contributed by atoms with Crippen molar-refractivity contribution in [1.82, 2.24) is 5.32 Å². The van der Waals surface area contributed by atoms with Crippen molar-refractivity contribution < 1.29 is 17.6 Å². The van der Waals surface area contributed by atoms with Crippen LogP contribution in [-0.2, 0) is 10.0 Å². The van der Waals surface area contributed by atoms with Gasteiger partial charge in [0.2, 0.25) is 10.0 Å². The molecule has 1 aromatic heterocycles. The van der Waals surface area contributed by atoms with Crippen molar-refractivity contribution in [2.75, 3.05) is 23.7 Å². The van der Waals surface area contributed by atoms with Crippen LogP contribution in [0.15, 0.2) is 41.0 Å². The zero-order chi connectivity index (χ0) is 17.0. The molecule has 2 rings (SSSR count). The second-order valence-corrected chi connectivity index (χ2v) is 7.36. The Kier molecular flexibility index (Phi) is 5.56. The van der Waals surface area contributed by atoms with Crippen LogP contribution >= 0.6 is 23.2 Å². The fraction of sp³-hybridized carbons (Fsp3) is 0.214. The van der Waals surface area contributed by atoms with E-state index in [0.717, 1.165) is 10.6 Å². The van der Waals surface area contributed by atoms with E-state index in [2.05, 4.69) is 5.32 Å². The highest BCUT2D eigenvalue weighted by molar-refractivity contribution is 7.92. The van der Waals surface area contributed by atoms with Gasteiger partial charge in [-0.1, -0.05) is 29.3 Å². The monoisotopic (exact) mass is 376 g/mol. The highest BCUT2D eigenvalue weighted by Crippen LogP contribution is 2.34. The molecule has 0 unspecified atom stereocenters. The standard InChI is InChI=1S/C14H14Cl2N2O4S/c1-23(20,21)18(13-10(15)4-2-5-11(13)16)8-7-17-14(19)12-6-3-9-22-12/h2-6,9H,7-8H2,1H3,(H,17,19). The van der Waals surface area contributed by atoms with Crippen molar-refractivity contribution in [1.29, 1.82) is 0 Å². The minimum atomic E-state index is -3.63. The van der Waals surface area contributed by atoms with E-state index >= 15 is 0 Å². The summed E-state index contributed by atoms with van der Waals surface area (Å²) in [5.41, 5.74) is 0.186.